The number of hydrogen-bond donors (Lipinski definition) is 0. The molecule has 3 aliphatic rings. The quantitative estimate of drug-likeness (QED) is 0.582. The molecule has 0 bridgehead atoms. The second kappa shape index (κ2) is 8.75. The molecule has 180 valence electrons. The van der Waals surface area contributed by atoms with Crippen LogP contribution in [0.25, 0.3) is 0 Å². The fraction of sp³-hybridized carbons (Fsp3) is 0.375. The number of benzene rings is 2. The molecular weight excluding hydrogens is 466 g/mol. The lowest BCUT2D eigenvalue weighted by atomic mass is 9.77. The van der Waals surface area contributed by atoms with Gasteiger partial charge in [-0.2, -0.15) is 13.1 Å². The van der Waals surface area contributed by atoms with Crippen LogP contribution in [0, 0.1) is 0 Å². The maximum absolute atomic E-state index is 13.4. The molecule has 0 spiro atoms. The molecule has 1 unspecified atom stereocenters. The number of likely N-dealkylation sites (tertiary alicyclic amines) is 1. The van der Waals surface area contributed by atoms with Crippen molar-refractivity contribution in [2.75, 3.05) is 39.4 Å². The molecule has 0 saturated carbocycles. The molecule has 3 fully saturated rings. The third kappa shape index (κ3) is 3.99. The first-order chi connectivity index (χ1) is 16.3. The first kappa shape index (κ1) is 22.9. The Kier molecular flexibility index (Phi) is 5.91. The van der Waals surface area contributed by atoms with Crippen LogP contribution >= 0.6 is 0 Å². The number of rotatable bonds is 6. The standard InChI is InChI=1S/C24H24F2N2O5S/c25-23(26)33-20-6-8-21(9-7-20)34(30,31)28-14-18(15-28)17-12-27(13-17)22(29)24(10-11-32-16-24)19-4-2-1-3-5-19/h1-9,23H,10-16H2. The fourth-order valence-electron chi connectivity index (χ4n) is 4.64. The van der Waals surface area contributed by atoms with Crippen LogP contribution in [0.3, 0.4) is 0 Å². The highest BCUT2D eigenvalue weighted by atomic mass is 32.2. The van der Waals surface area contributed by atoms with Crippen LogP contribution in [0.5, 0.6) is 5.75 Å². The van der Waals surface area contributed by atoms with Crippen molar-refractivity contribution in [1.29, 1.82) is 0 Å². The van der Waals surface area contributed by atoms with E-state index in [1.54, 1.807) is 0 Å². The zero-order valence-corrected chi connectivity index (χ0v) is 19.1. The van der Waals surface area contributed by atoms with Crippen LogP contribution in [-0.4, -0.2) is 69.5 Å². The molecule has 34 heavy (non-hydrogen) atoms. The van der Waals surface area contributed by atoms with Crippen LogP contribution < -0.4 is 4.74 Å². The monoisotopic (exact) mass is 490 g/mol. The summed E-state index contributed by atoms with van der Waals surface area (Å²) in [6.07, 6.45) is 0.644. The Morgan fingerprint density at radius 3 is 2.21 bits per heavy atom. The number of sulfonamides is 1. The molecule has 3 saturated heterocycles. The van der Waals surface area contributed by atoms with Gasteiger partial charge in [0.25, 0.3) is 0 Å². The summed E-state index contributed by atoms with van der Waals surface area (Å²) in [7, 11) is -3.73. The van der Waals surface area contributed by atoms with E-state index in [0.717, 1.165) is 16.7 Å². The van der Waals surface area contributed by atoms with E-state index in [2.05, 4.69) is 4.74 Å². The van der Waals surface area contributed by atoms with Gasteiger partial charge in [-0.05, 0) is 47.4 Å². The van der Waals surface area contributed by atoms with Crippen molar-refractivity contribution >= 4 is 15.9 Å². The molecule has 2 aromatic rings. The number of carbonyl (C=O) groups excluding carboxylic acids is 1. The summed E-state index contributed by atoms with van der Waals surface area (Å²) >= 11 is 0. The minimum absolute atomic E-state index is 0.0228. The first-order valence-corrected chi connectivity index (χ1v) is 12.4. The van der Waals surface area contributed by atoms with Crippen molar-refractivity contribution in [2.45, 2.75) is 23.3 Å². The summed E-state index contributed by atoms with van der Waals surface area (Å²) in [6, 6.07) is 14.6. The van der Waals surface area contributed by atoms with Crippen molar-refractivity contribution in [3.63, 3.8) is 0 Å². The van der Waals surface area contributed by atoms with Crippen LogP contribution in [0.15, 0.2) is 70.6 Å². The smallest absolute Gasteiger partial charge is 0.387 e. The third-order valence-corrected chi connectivity index (χ3v) is 8.54. The predicted molar refractivity (Wildman–Crippen MR) is 119 cm³/mol. The molecule has 3 aliphatic heterocycles. The second-order valence-electron chi connectivity index (χ2n) is 8.74. The Balaban J connectivity index is 1.22. The van der Waals surface area contributed by atoms with Gasteiger partial charge in [0.05, 0.1) is 16.9 Å². The van der Waals surface area contributed by atoms with Gasteiger partial charge in [-0.3, -0.25) is 4.79 Å². The topological polar surface area (TPSA) is 76.2 Å². The lowest BCUT2D eigenvalue weighted by molar-refractivity contribution is -0.139. The van der Waals surface area contributed by atoms with Gasteiger partial charge in [-0.25, -0.2) is 8.42 Å². The number of alkyl halides is 2. The highest BCUT2D eigenvalue weighted by Gasteiger charge is 2.48. The number of nitrogens with zero attached hydrogens (tertiary/aromatic N) is 2. The molecule has 0 radical (unpaired) electrons. The Labute approximate surface area is 196 Å². The van der Waals surface area contributed by atoms with E-state index in [1.165, 1.54) is 28.6 Å². The minimum Gasteiger partial charge on any atom is -0.435 e. The third-order valence-electron chi connectivity index (χ3n) is 6.73. The normalized spacial score (nSPS) is 23.1. The van der Waals surface area contributed by atoms with Crippen molar-refractivity contribution in [1.82, 2.24) is 9.21 Å². The summed E-state index contributed by atoms with van der Waals surface area (Å²) in [5, 5.41) is 0. The van der Waals surface area contributed by atoms with Gasteiger partial charge in [0.2, 0.25) is 15.9 Å². The number of halogens is 2. The number of amides is 1. The summed E-state index contributed by atoms with van der Waals surface area (Å²) in [5.74, 6) is -0.0454. The van der Waals surface area contributed by atoms with Crippen molar-refractivity contribution < 1.29 is 31.5 Å². The summed E-state index contributed by atoms with van der Waals surface area (Å²) in [4.78, 5) is 15.2. The Hall–Kier alpha value is -2.82. The van der Waals surface area contributed by atoms with Gasteiger partial charge < -0.3 is 14.4 Å². The summed E-state index contributed by atoms with van der Waals surface area (Å²) in [6.45, 7) is -0.531. The van der Waals surface area contributed by atoms with E-state index >= 15 is 0 Å². The molecule has 2 aromatic carbocycles. The number of carbonyl (C=O) groups is 1. The molecule has 1 amide bonds. The maximum Gasteiger partial charge on any atom is 0.387 e. The largest absolute Gasteiger partial charge is 0.435 e. The van der Waals surface area contributed by atoms with Crippen LogP contribution in [0.1, 0.15) is 12.0 Å². The highest BCUT2D eigenvalue weighted by Crippen LogP contribution is 2.38. The van der Waals surface area contributed by atoms with Crippen LogP contribution in [0.4, 0.5) is 8.78 Å². The second-order valence-corrected chi connectivity index (χ2v) is 10.7. The fourth-order valence-corrected chi connectivity index (χ4v) is 6.07. The van der Waals surface area contributed by atoms with Gasteiger partial charge in [0, 0.05) is 32.8 Å². The summed E-state index contributed by atoms with van der Waals surface area (Å²) in [5.41, 5.74) is 2.40. The van der Waals surface area contributed by atoms with Gasteiger partial charge in [0.1, 0.15) is 5.75 Å². The van der Waals surface area contributed by atoms with E-state index in [0.29, 0.717) is 32.7 Å². The molecule has 10 heteroatoms. The SMILES string of the molecule is O=C(N1CC(=C2CN(S(=O)(=O)c3ccc(OC(F)F)cc3)C2)C1)C1(c2ccccc2)CCOC1. The Bertz CT molecular complexity index is 1190. The molecule has 0 N–H and O–H groups in total. The molecule has 0 aliphatic carbocycles. The van der Waals surface area contributed by atoms with Gasteiger partial charge in [-0.15, -0.1) is 0 Å². The van der Waals surface area contributed by atoms with Crippen LogP contribution in [-0.2, 0) is 25.0 Å². The van der Waals surface area contributed by atoms with Crippen molar-refractivity contribution in [2.24, 2.45) is 0 Å². The maximum atomic E-state index is 13.4. The Morgan fingerprint density at radius 1 is 0.971 bits per heavy atom. The lowest BCUT2D eigenvalue weighted by Crippen LogP contribution is -2.56. The predicted octanol–water partition coefficient (Wildman–Crippen LogP) is 2.79. The van der Waals surface area contributed by atoms with Gasteiger partial charge in [-0.1, -0.05) is 30.3 Å². The van der Waals surface area contributed by atoms with E-state index in [9.17, 15) is 22.0 Å². The minimum atomic E-state index is -3.73. The van der Waals surface area contributed by atoms with Crippen molar-refractivity contribution in [3.8, 4) is 5.75 Å². The van der Waals surface area contributed by atoms with E-state index in [4.69, 9.17) is 4.74 Å². The average molecular weight is 491 g/mol. The zero-order valence-electron chi connectivity index (χ0n) is 18.3. The first-order valence-electron chi connectivity index (χ1n) is 11.0. The molecule has 5 rings (SSSR count). The van der Waals surface area contributed by atoms with E-state index in [1.807, 2.05) is 35.2 Å². The molecule has 0 aromatic heterocycles. The summed E-state index contributed by atoms with van der Waals surface area (Å²) < 4.78 is 61.4. The molecule has 7 nitrogen and oxygen atoms in total. The Morgan fingerprint density at radius 2 is 1.62 bits per heavy atom. The number of ether oxygens (including phenoxy) is 2. The van der Waals surface area contributed by atoms with Crippen molar-refractivity contribution in [3.05, 3.63) is 71.3 Å². The number of hydrogen-bond acceptors (Lipinski definition) is 5. The molecule has 3 heterocycles. The lowest BCUT2D eigenvalue weighted by Gasteiger charge is -2.44. The molecular formula is C24H24F2N2O5S. The zero-order chi connectivity index (χ0) is 23.9. The van der Waals surface area contributed by atoms with Gasteiger partial charge in [0.15, 0.2) is 0 Å². The van der Waals surface area contributed by atoms with E-state index < -0.39 is 22.0 Å². The van der Waals surface area contributed by atoms with Gasteiger partial charge >= 0.3 is 6.61 Å². The average Bonchev–Trinajstić information content (AvgIpc) is 3.25. The van der Waals surface area contributed by atoms with Crippen LogP contribution in [0.2, 0.25) is 0 Å². The molecule has 1 atom stereocenters. The highest BCUT2D eigenvalue weighted by molar-refractivity contribution is 7.89. The van der Waals surface area contributed by atoms with E-state index in [-0.39, 0.29) is 29.6 Å².